The van der Waals surface area contributed by atoms with E-state index in [9.17, 15) is 9.70 Å². The summed E-state index contributed by atoms with van der Waals surface area (Å²) in [4.78, 5) is 29.1. The van der Waals surface area contributed by atoms with Crippen molar-refractivity contribution < 1.29 is 9.63 Å². The molecule has 0 saturated heterocycles. The monoisotopic (exact) mass is 319 g/mol. The highest BCUT2D eigenvalue weighted by atomic mass is 16.7. The van der Waals surface area contributed by atoms with Gasteiger partial charge in [0, 0.05) is 44.5 Å². The normalized spacial score (nSPS) is 18.7. The van der Waals surface area contributed by atoms with Gasteiger partial charge in [0.2, 0.25) is 0 Å². The predicted molar refractivity (Wildman–Crippen MR) is 91.4 cm³/mol. The highest BCUT2D eigenvalue weighted by Gasteiger charge is 2.12. The molecule has 0 aliphatic carbocycles. The van der Waals surface area contributed by atoms with Gasteiger partial charge in [-0.25, -0.2) is 0 Å². The van der Waals surface area contributed by atoms with Gasteiger partial charge < -0.3 is 4.90 Å². The number of nitrogens with zero attached hydrogens (tertiary/aromatic N) is 3. The quantitative estimate of drug-likeness (QED) is 0.428. The van der Waals surface area contributed by atoms with Crippen LogP contribution in [0.2, 0.25) is 0 Å². The number of hydroxylamine groups is 2. The van der Waals surface area contributed by atoms with Gasteiger partial charge in [0.1, 0.15) is 6.61 Å². The Morgan fingerprint density at radius 3 is 2.83 bits per heavy atom. The van der Waals surface area contributed by atoms with Crippen molar-refractivity contribution in [3.05, 3.63) is 52.6 Å². The Hall–Kier alpha value is -2.05. The van der Waals surface area contributed by atoms with Crippen LogP contribution >= 0.6 is 0 Å². The zero-order valence-corrected chi connectivity index (χ0v) is 14.1. The number of hydrogen-bond donors (Lipinski definition) is 0. The Balaban J connectivity index is 2.97. The highest BCUT2D eigenvalue weighted by Crippen LogP contribution is 2.12. The zero-order chi connectivity index (χ0) is 17.1. The maximum atomic E-state index is 11.2. The maximum Gasteiger partial charge on any atom is 0.288 e. The lowest BCUT2D eigenvalue weighted by atomic mass is 10.2. The Bertz CT molecular complexity index is 519. The Labute approximate surface area is 137 Å². The van der Waals surface area contributed by atoms with Crippen LogP contribution in [0.3, 0.4) is 0 Å². The van der Waals surface area contributed by atoms with Crippen molar-refractivity contribution in [3.63, 3.8) is 0 Å². The molecule has 0 radical (unpaired) electrons. The van der Waals surface area contributed by atoms with Gasteiger partial charge in [-0.05, 0) is 25.0 Å². The lowest BCUT2D eigenvalue weighted by Gasteiger charge is -2.27. The minimum atomic E-state index is -0.634. The maximum absolute atomic E-state index is 11.2. The lowest BCUT2D eigenvalue weighted by molar-refractivity contribution is -0.119. The number of amides is 1. The van der Waals surface area contributed by atoms with Gasteiger partial charge in [-0.1, -0.05) is 30.4 Å². The average molecular weight is 319 g/mol. The van der Waals surface area contributed by atoms with Gasteiger partial charge in [0.05, 0.1) is 0 Å². The van der Waals surface area contributed by atoms with Crippen LogP contribution in [0.5, 0.6) is 0 Å². The van der Waals surface area contributed by atoms with Crippen molar-refractivity contribution in [2.45, 2.75) is 19.8 Å². The third-order valence-electron chi connectivity index (χ3n) is 3.23. The molecular weight excluding hydrogens is 294 g/mol. The molecule has 1 heterocycles. The first kappa shape index (κ1) is 19.0. The van der Waals surface area contributed by atoms with E-state index in [4.69, 9.17) is 4.84 Å². The van der Waals surface area contributed by atoms with Crippen molar-refractivity contribution in [1.29, 1.82) is 0 Å². The van der Waals surface area contributed by atoms with Crippen molar-refractivity contribution in [2.75, 3.05) is 33.8 Å². The molecule has 0 spiro atoms. The molecule has 0 atom stereocenters. The summed E-state index contributed by atoms with van der Waals surface area (Å²) in [5.41, 5.74) is 2.04. The van der Waals surface area contributed by atoms with Crippen LogP contribution in [0.15, 0.2) is 52.9 Å². The smallest absolute Gasteiger partial charge is 0.288 e. The Morgan fingerprint density at radius 2 is 2.13 bits per heavy atom. The van der Waals surface area contributed by atoms with Crippen LogP contribution in [0.1, 0.15) is 19.8 Å². The number of allylic oxidation sites excluding steroid dienone is 6. The molecule has 0 aromatic heterocycles. The van der Waals surface area contributed by atoms with Crippen molar-refractivity contribution in [2.24, 2.45) is 5.18 Å². The fraction of sp³-hybridized carbons (Fsp3) is 0.471. The molecule has 1 amide bonds. The SMILES string of the molecule is CC1=C/C=C\C/C=C\CN(CCC(=O)N=O)C(CON(C)C)=C1. The molecule has 0 aromatic rings. The molecular formula is C17H25N3O3. The van der Waals surface area contributed by atoms with E-state index in [1.165, 1.54) is 0 Å². The molecule has 0 unspecified atom stereocenters. The minimum Gasteiger partial charge on any atom is -0.369 e. The summed E-state index contributed by atoms with van der Waals surface area (Å²) < 4.78 is 0. The molecule has 0 saturated carbocycles. The number of rotatable bonds is 6. The van der Waals surface area contributed by atoms with Crippen LogP contribution < -0.4 is 0 Å². The summed E-state index contributed by atoms with van der Waals surface area (Å²) in [7, 11) is 3.64. The van der Waals surface area contributed by atoms with Gasteiger partial charge in [0.15, 0.2) is 0 Å². The van der Waals surface area contributed by atoms with Crippen LogP contribution in [0, 0.1) is 4.91 Å². The Morgan fingerprint density at radius 1 is 1.35 bits per heavy atom. The summed E-state index contributed by atoms with van der Waals surface area (Å²) in [5.74, 6) is -0.634. The summed E-state index contributed by atoms with van der Waals surface area (Å²) in [6.07, 6.45) is 13.2. The standard InChI is InChI=1S/C17H25N3O3/c1-15-9-7-5-4-6-8-11-20(12-10-17(21)18-22)16(13-15)14-23-19(2)3/h5-9,13H,4,10-12,14H2,1-3H3/b7-5-,8-6-,15-9?,16-13?. The molecule has 1 aliphatic heterocycles. The van der Waals surface area contributed by atoms with Crippen molar-refractivity contribution in [3.8, 4) is 0 Å². The third-order valence-corrected chi connectivity index (χ3v) is 3.23. The first-order valence-corrected chi connectivity index (χ1v) is 7.63. The molecule has 0 aromatic carbocycles. The van der Waals surface area contributed by atoms with E-state index in [2.05, 4.69) is 17.3 Å². The van der Waals surface area contributed by atoms with Crippen molar-refractivity contribution >= 4 is 5.91 Å². The topological polar surface area (TPSA) is 62.2 Å². The van der Waals surface area contributed by atoms with Crippen LogP contribution in [0.4, 0.5) is 0 Å². The van der Waals surface area contributed by atoms with Gasteiger partial charge in [-0.15, -0.1) is 4.91 Å². The van der Waals surface area contributed by atoms with E-state index < -0.39 is 5.91 Å². The molecule has 6 nitrogen and oxygen atoms in total. The molecule has 0 fully saturated rings. The second-order valence-corrected chi connectivity index (χ2v) is 5.45. The fourth-order valence-corrected chi connectivity index (χ4v) is 2.03. The second-order valence-electron chi connectivity index (χ2n) is 5.45. The van der Waals surface area contributed by atoms with Gasteiger partial charge in [-0.3, -0.25) is 9.63 Å². The summed E-state index contributed by atoms with van der Waals surface area (Å²) in [5, 5.41) is 4.10. The Kier molecular flexibility index (Phi) is 8.79. The van der Waals surface area contributed by atoms with Gasteiger partial charge in [-0.2, -0.15) is 5.06 Å². The first-order chi connectivity index (χ1) is 11.0. The van der Waals surface area contributed by atoms with Crippen LogP contribution in [-0.4, -0.2) is 49.7 Å². The van der Waals surface area contributed by atoms with E-state index in [0.29, 0.717) is 19.7 Å². The average Bonchev–Trinajstić information content (AvgIpc) is 2.55. The zero-order valence-electron chi connectivity index (χ0n) is 14.1. The molecule has 1 rings (SSSR count). The molecule has 0 bridgehead atoms. The molecule has 6 heteroatoms. The second kappa shape index (κ2) is 10.6. The van der Waals surface area contributed by atoms with E-state index in [1.807, 2.05) is 50.2 Å². The molecule has 126 valence electrons. The summed E-state index contributed by atoms with van der Waals surface area (Å²) in [6.45, 7) is 3.48. The summed E-state index contributed by atoms with van der Waals surface area (Å²) >= 11 is 0. The number of hydrogen-bond acceptors (Lipinski definition) is 5. The minimum absolute atomic E-state index is 0.0949. The largest absolute Gasteiger partial charge is 0.369 e. The number of nitroso groups, excluding NO2 is 1. The van der Waals surface area contributed by atoms with E-state index in [-0.39, 0.29) is 6.42 Å². The third kappa shape index (κ3) is 8.23. The first-order valence-electron chi connectivity index (χ1n) is 7.63. The number of carbonyl (C=O) groups is 1. The molecule has 0 N–H and O–H groups in total. The van der Waals surface area contributed by atoms with Gasteiger partial charge in [0.25, 0.3) is 5.91 Å². The lowest BCUT2D eigenvalue weighted by Crippen LogP contribution is -2.30. The highest BCUT2D eigenvalue weighted by molar-refractivity contribution is 5.76. The predicted octanol–water partition coefficient (Wildman–Crippen LogP) is 2.81. The summed E-state index contributed by atoms with van der Waals surface area (Å²) in [6, 6.07) is 0. The van der Waals surface area contributed by atoms with E-state index in [1.54, 1.807) is 5.06 Å². The fourth-order valence-electron chi connectivity index (χ4n) is 2.03. The van der Waals surface area contributed by atoms with Gasteiger partial charge >= 0.3 is 0 Å². The van der Waals surface area contributed by atoms with E-state index >= 15 is 0 Å². The van der Waals surface area contributed by atoms with Crippen LogP contribution in [0.25, 0.3) is 0 Å². The van der Waals surface area contributed by atoms with Crippen LogP contribution in [-0.2, 0) is 9.63 Å². The molecule has 23 heavy (non-hydrogen) atoms. The van der Waals surface area contributed by atoms with Crippen molar-refractivity contribution in [1.82, 2.24) is 9.96 Å². The number of carbonyl (C=O) groups excluding carboxylic acids is 1. The molecule has 1 aliphatic rings. The van der Waals surface area contributed by atoms with E-state index in [0.717, 1.165) is 17.7 Å².